The number of aliphatic hydroxyl groups is 1. The van der Waals surface area contributed by atoms with Crippen molar-refractivity contribution in [3.63, 3.8) is 0 Å². The number of halogens is 5. The first-order chi connectivity index (χ1) is 16.9. The standard InChI is InChI=1S/C24H23F5N2O5/c1-2-17-18(22(34)35)21(33)15-9-16(25)19(26)14(20(15)31(17)11-6-7-11)5-3-4-12-8-13(32)10-30(12)23(36)24(27,28)29/h3,5,9,11-13,32H,2,4,6-8,10H2,1H3,(H,34,35)/t12-,13-/m1/s1. The average Bonchev–Trinajstić information content (AvgIpc) is 3.56. The Balaban J connectivity index is 1.82. The summed E-state index contributed by atoms with van der Waals surface area (Å²) in [4.78, 5) is 37.1. The Morgan fingerprint density at radius 3 is 2.44 bits per heavy atom. The van der Waals surface area contributed by atoms with Crippen molar-refractivity contribution in [3.8, 4) is 0 Å². The molecule has 4 rings (SSSR count). The molecule has 2 atom stereocenters. The van der Waals surface area contributed by atoms with Gasteiger partial charge in [-0.2, -0.15) is 13.2 Å². The number of aromatic carboxylic acids is 1. The number of carboxylic acids is 1. The number of carbonyl (C=O) groups is 2. The summed E-state index contributed by atoms with van der Waals surface area (Å²) in [6.45, 7) is 1.13. The number of fused-ring (bicyclic) bond motifs is 1. The molecular weight excluding hydrogens is 491 g/mol. The predicted molar refractivity (Wildman–Crippen MR) is 119 cm³/mol. The monoisotopic (exact) mass is 514 g/mol. The van der Waals surface area contributed by atoms with Gasteiger partial charge < -0.3 is 19.7 Å². The lowest BCUT2D eigenvalue weighted by molar-refractivity contribution is -0.186. The minimum atomic E-state index is -5.13. The molecule has 1 saturated carbocycles. The fourth-order valence-corrected chi connectivity index (χ4v) is 4.92. The number of alkyl halides is 3. The number of aromatic nitrogens is 1. The van der Waals surface area contributed by atoms with Crippen molar-refractivity contribution in [1.29, 1.82) is 0 Å². The topological polar surface area (TPSA) is 99.8 Å². The molecule has 1 aromatic heterocycles. The molecule has 0 bridgehead atoms. The molecule has 2 N–H and O–H groups in total. The van der Waals surface area contributed by atoms with E-state index in [0.29, 0.717) is 23.8 Å². The molecule has 2 heterocycles. The van der Waals surface area contributed by atoms with Crippen LogP contribution in [-0.4, -0.2) is 56.4 Å². The quantitative estimate of drug-likeness (QED) is 0.572. The molecule has 1 aliphatic heterocycles. The van der Waals surface area contributed by atoms with Crippen LogP contribution in [0.2, 0.25) is 0 Å². The summed E-state index contributed by atoms with van der Waals surface area (Å²) in [5, 5.41) is 19.1. The van der Waals surface area contributed by atoms with E-state index >= 15 is 4.39 Å². The molecule has 2 aliphatic rings. The van der Waals surface area contributed by atoms with Gasteiger partial charge in [0.25, 0.3) is 0 Å². The molecule has 12 heteroatoms. The number of nitrogens with zero attached hydrogens (tertiary/aromatic N) is 2. The molecule has 1 aliphatic carbocycles. The Labute approximate surface area is 201 Å². The summed E-state index contributed by atoms with van der Waals surface area (Å²) in [5.74, 6) is -6.26. The number of pyridine rings is 1. The van der Waals surface area contributed by atoms with Gasteiger partial charge in [-0.15, -0.1) is 0 Å². The van der Waals surface area contributed by atoms with E-state index in [4.69, 9.17) is 0 Å². The fourth-order valence-electron chi connectivity index (χ4n) is 4.92. The molecule has 2 fully saturated rings. The van der Waals surface area contributed by atoms with Crippen molar-refractivity contribution >= 4 is 28.9 Å². The van der Waals surface area contributed by atoms with Crippen LogP contribution in [0.15, 0.2) is 16.9 Å². The third-order valence-corrected chi connectivity index (χ3v) is 6.57. The van der Waals surface area contributed by atoms with Crippen LogP contribution in [0.4, 0.5) is 22.0 Å². The van der Waals surface area contributed by atoms with Crippen LogP contribution < -0.4 is 5.43 Å². The minimum absolute atomic E-state index is 0.00850. The number of hydrogen-bond donors (Lipinski definition) is 2. The Morgan fingerprint density at radius 1 is 1.22 bits per heavy atom. The van der Waals surface area contributed by atoms with Crippen LogP contribution in [0.25, 0.3) is 17.0 Å². The first kappa shape index (κ1) is 25.8. The van der Waals surface area contributed by atoms with E-state index in [9.17, 15) is 42.2 Å². The van der Waals surface area contributed by atoms with Crippen molar-refractivity contribution in [2.45, 2.75) is 63.4 Å². The summed E-state index contributed by atoms with van der Waals surface area (Å²) in [6, 6.07) is -0.585. The summed E-state index contributed by atoms with van der Waals surface area (Å²) in [7, 11) is 0. The van der Waals surface area contributed by atoms with Gasteiger partial charge in [-0.05, 0) is 38.2 Å². The highest BCUT2D eigenvalue weighted by molar-refractivity contribution is 5.97. The highest BCUT2D eigenvalue weighted by Crippen LogP contribution is 2.40. The van der Waals surface area contributed by atoms with Gasteiger partial charge in [0.15, 0.2) is 11.6 Å². The van der Waals surface area contributed by atoms with Crippen molar-refractivity contribution in [2.24, 2.45) is 0 Å². The first-order valence-corrected chi connectivity index (χ1v) is 11.4. The van der Waals surface area contributed by atoms with Gasteiger partial charge in [-0.3, -0.25) is 9.59 Å². The van der Waals surface area contributed by atoms with Crippen molar-refractivity contribution in [2.75, 3.05) is 6.54 Å². The summed E-state index contributed by atoms with van der Waals surface area (Å²) >= 11 is 0. The normalized spacial score (nSPS) is 20.6. The Morgan fingerprint density at radius 2 is 1.89 bits per heavy atom. The predicted octanol–water partition coefficient (Wildman–Crippen LogP) is 3.80. The van der Waals surface area contributed by atoms with E-state index in [1.807, 2.05) is 0 Å². The van der Waals surface area contributed by atoms with Gasteiger partial charge in [0, 0.05) is 29.9 Å². The second-order valence-electron chi connectivity index (χ2n) is 9.03. The lowest BCUT2D eigenvalue weighted by Gasteiger charge is -2.24. The van der Waals surface area contributed by atoms with Crippen LogP contribution >= 0.6 is 0 Å². The van der Waals surface area contributed by atoms with Crippen molar-refractivity contribution in [1.82, 2.24) is 9.47 Å². The maximum atomic E-state index is 15.0. The third-order valence-electron chi connectivity index (χ3n) is 6.57. The molecule has 0 unspecified atom stereocenters. The van der Waals surface area contributed by atoms with E-state index in [1.54, 1.807) is 11.5 Å². The van der Waals surface area contributed by atoms with E-state index in [0.717, 1.165) is 6.08 Å². The minimum Gasteiger partial charge on any atom is -0.477 e. The number of amides is 1. The number of aliphatic hydroxyl groups excluding tert-OH is 1. The number of carbonyl (C=O) groups excluding carboxylic acids is 1. The molecule has 1 amide bonds. The fraction of sp³-hybridized carbons (Fsp3) is 0.458. The van der Waals surface area contributed by atoms with E-state index < -0.39 is 59.4 Å². The summed E-state index contributed by atoms with van der Waals surface area (Å²) in [5.41, 5.74) is -1.63. The molecule has 2 aromatic rings. The number of benzene rings is 1. The third kappa shape index (κ3) is 4.49. The van der Waals surface area contributed by atoms with Gasteiger partial charge in [-0.1, -0.05) is 19.1 Å². The lowest BCUT2D eigenvalue weighted by atomic mass is 10.0. The number of likely N-dealkylation sites (tertiary alicyclic amines) is 1. The maximum absolute atomic E-state index is 15.0. The molecule has 0 radical (unpaired) electrons. The highest BCUT2D eigenvalue weighted by Gasteiger charge is 2.47. The van der Waals surface area contributed by atoms with Gasteiger partial charge >= 0.3 is 18.1 Å². The number of β-amino-alcohol motifs (C(OH)–C–C–N with tert-alkyl or cyclic N) is 1. The highest BCUT2D eigenvalue weighted by atomic mass is 19.4. The van der Waals surface area contributed by atoms with Crippen LogP contribution in [0, 0.1) is 11.6 Å². The molecule has 7 nitrogen and oxygen atoms in total. The summed E-state index contributed by atoms with van der Waals surface area (Å²) in [6.07, 6.45) is -2.82. The van der Waals surface area contributed by atoms with Gasteiger partial charge in [0.1, 0.15) is 5.56 Å². The van der Waals surface area contributed by atoms with E-state index in [1.165, 1.54) is 6.08 Å². The van der Waals surface area contributed by atoms with Crippen LogP contribution in [-0.2, 0) is 11.2 Å². The molecule has 0 spiro atoms. The SMILES string of the molecule is CCc1c(C(=O)O)c(=O)c2cc(F)c(F)c(C=CC[C@@H]3C[C@@H](O)CN3C(=O)C(F)(F)F)c2n1C1CC1. The zero-order chi connectivity index (χ0) is 26.5. The number of carboxylic acid groups (broad SMARTS) is 1. The maximum Gasteiger partial charge on any atom is 0.471 e. The van der Waals surface area contributed by atoms with Crippen LogP contribution in [0.3, 0.4) is 0 Å². The zero-order valence-corrected chi connectivity index (χ0v) is 19.1. The van der Waals surface area contributed by atoms with Gasteiger partial charge in [0.2, 0.25) is 5.43 Å². The zero-order valence-electron chi connectivity index (χ0n) is 19.1. The lowest BCUT2D eigenvalue weighted by Crippen LogP contribution is -2.44. The second-order valence-corrected chi connectivity index (χ2v) is 9.03. The molecule has 36 heavy (non-hydrogen) atoms. The van der Waals surface area contributed by atoms with Crippen molar-refractivity contribution in [3.05, 3.63) is 50.8 Å². The van der Waals surface area contributed by atoms with E-state index in [2.05, 4.69) is 0 Å². The number of rotatable bonds is 6. The number of hydrogen-bond acceptors (Lipinski definition) is 4. The molecule has 1 saturated heterocycles. The Hall–Kier alpha value is -3.28. The van der Waals surface area contributed by atoms with E-state index in [-0.39, 0.29) is 47.5 Å². The molecular formula is C24H23F5N2O5. The van der Waals surface area contributed by atoms with Crippen LogP contribution in [0.1, 0.15) is 60.3 Å². The Kier molecular flexibility index (Phi) is 6.67. The van der Waals surface area contributed by atoms with Crippen LogP contribution in [0.5, 0.6) is 0 Å². The first-order valence-electron chi connectivity index (χ1n) is 11.4. The summed E-state index contributed by atoms with van der Waals surface area (Å²) < 4.78 is 69.9. The largest absolute Gasteiger partial charge is 0.477 e. The Bertz CT molecular complexity index is 1330. The van der Waals surface area contributed by atoms with Gasteiger partial charge in [0.05, 0.1) is 17.0 Å². The van der Waals surface area contributed by atoms with Gasteiger partial charge in [-0.25, -0.2) is 13.6 Å². The smallest absolute Gasteiger partial charge is 0.471 e. The molecule has 194 valence electrons. The van der Waals surface area contributed by atoms with Crippen molar-refractivity contribution < 1.29 is 41.8 Å². The molecule has 1 aromatic carbocycles. The average molecular weight is 514 g/mol. The second kappa shape index (κ2) is 9.30.